The van der Waals surface area contributed by atoms with Crippen molar-refractivity contribution >= 4 is 22.4 Å². The number of pyridine rings is 1. The van der Waals surface area contributed by atoms with Crippen molar-refractivity contribution in [2.45, 2.75) is 25.6 Å². The number of halogens is 3. The highest BCUT2D eigenvalue weighted by Gasteiger charge is 2.32. The Morgan fingerprint density at radius 1 is 1.22 bits per heavy atom. The third kappa shape index (κ3) is 4.55. The van der Waals surface area contributed by atoms with E-state index in [9.17, 15) is 13.2 Å². The monoisotopic (exact) mass is 445 g/mol. The number of hydrogen-bond donors (Lipinski definition) is 1. The predicted molar refractivity (Wildman–Crippen MR) is 112 cm³/mol. The summed E-state index contributed by atoms with van der Waals surface area (Å²) >= 11 is 0. The van der Waals surface area contributed by atoms with Crippen molar-refractivity contribution in [1.29, 1.82) is 0 Å². The molecule has 3 aromatic rings. The molecular weight excluding hydrogens is 423 g/mol. The van der Waals surface area contributed by atoms with Crippen molar-refractivity contribution in [2.75, 3.05) is 19.8 Å². The lowest BCUT2D eigenvalue weighted by atomic mass is 10.1. The molecule has 0 radical (unpaired) electrons. The number of alkyl halides is 3. The highest BCUT2D eigenvalue weighted by Crippen LogP contribution is 2.36. The zero-order valence-electron chi connectivity index (χ0n) is 17.2. The van der Waals surface area contributed by atoms with Crippen LogP contribution in [0.25, 0.3) is 10.9 Å². The summed E-state index contributed by atoms with van der Waals surface area (Å²) in [5.41, 5.74) is 6.17. The summed E-state index contributed by atoms with van der Waals surface area (Å²) in [6, 6.07) is 7.15. The third-order valence-electron chi connectivity index (χ3n) is 5.50. The van der Waals surface area contributed by atoms with Gasteiger partial charge in [0.25, 0.3) is 0 Å². The van der Waals surface area contributed by atoms with E-state index in [0.29, 0.717) is 29.9 Å². The van der Waals surface area contributed by atoms with Gasteiger partial charge in [-0.3, -0.25) is 4.68 Å². The van der Waals surface area contributed by atoms with Crippen LogP contribution in [0.5, 0.6) is 5.75 Å². The maximum absolute atomic E-state index is 13.0. The number of amidine groups is 1. The molecule has 0 atom stereocenters. The fourth-order valence-corrected chi connectivity index (χ4v) is 3.46. The molecule has 7 nitrogen and oxygen atoms in total. The fraction of sp³-hybridized carbons (Fsp3) is 0.409. The van der Waals surface area contributed by atoms with E-state index < -0.39 is 11.9 Å². The first kappa shape index (κ1) is 20.7. The number of nitrogens with two attached hydrogens (primary N) is 1. The molecule has 0 bridgehead atoms. The molecule has 2 aliphatic rings. The molecule has 10 heteroatoms. The highest BCUT2D eigenvalue weighted by atomic mass is 19.4. The SMILES string of the molecule is NC(=Nc1cc2cn(CC3COC3)nc2cc1OCC1CC1)c1cccc(C(F)(F)F)n1. The Bertz CT molecular complexity index is 1170. The number of fused-ring (bicyclic) bond motifs is 1. The average Bonchev–Trinajstić information content (AvgIpc) is 3.47. The van der Waals surface area contributed by atoms with Crippen LogP contribution in [-0.2, 0) is 17.5 Å². The van der Waals surface area contributed by atoms with Gasteiger partial charge in [-0.1, -0.05) is 6.07 Å². The van der Waals surface area contributed by atoms with E-state index in [0.717, 1.165) is 49.6 Å². The second-order valence-corrected chi connectivity index (χ2v) is 8.29. The standard InChI is InChI=1S/C22H22F3N5O2/c23-22(24,25)20-3-1-2-16(27-20)21(26)28-18-6-15-9-30(8-14-10-31-11-14)29-17(15)7-19(18)32-12-13-4-5-13/h1-3,6-7,9,13-14H,4-5,8,10-12H2,(H2,26,28). The molecular formula is C22H22F3N5O2. The molecule has 2 aromatic heterocycles. The summed E-state index contributed by atoms with van der Waals surface area (Å²) < 4.78 is 52.1. The van der Waals surface area contributed by atoms with Gasteiger partial charge in [-0.15, -0.1) is 0 Å². The number of nitrogens with zero attached hydrogens (tertiary/aromatic N) is 4. The van der Waals surface area contributed by atoms with Gasteiger partial charge in [0.1, 0.15) is 28.7 Å². The minimum Gasteiger partial charge on any atom is -0.491 e. The van der Waals surface area contributed by atoms with E-state index in [1.807, 2.05) is 10.9 Å². The summed E-state index contributed by atoms with van der Waals surface area (Å²) in [6.07, 6.45) is -0.408. The summed E-state index contributed by atoms with van der Waals surface area (Å²) in [7, 11) is 0. The van der Waals surface area contributed by atoms with E-state index in [1.54, 1.807) is 12.1 Å². The molecule has 5 rings (SSSR count). The third-order valence-corrected chi connectivity index (χ3v) is 5.50. The fourth-order valence-electron chi connectivity index (χ4n) is 3.46. The van der Waals surface area contributed by atoms with Gasteiger partial charge < -0.3 is 15.2 Å². The van der Waals surface area contributed by atoms with Gasteiger partial charge in [0.05, 0.1) is 25.3 Å². The molecule has 0 spiro atoms. The Hall–Kier alpha value is -3.14. The minimum absolute atomic E-state index is 0.0475. The molecule has 0 amide bonds. The van der Waals surface area contributed by atoms with E-state index >= 15 is 0 Å². The Morgan fingerprint density at radius 2 is 2.03 bits per heavy atom. The van der Waals surface area contributed by atoms with Crippen LogP contribution >= 0.6 is 0 Å². The van der Waals surface area contributed by atoms with Crippen molar-refractivity contribution in [3.8, 4) is 5.75 Å². The van der Waals surface area contributed by atoms with Crippen molar-refractivity contribution in [1.82, 2.24) is 14.8 Å². The number of hydrogen-bond acceptors (Lipinski definition) is 5. The maximum atomic E-state index is 13.0. The van der Waals surface area contributed by atoms with E-state index in [1.165, 1.54) is 12.1 Å². The average molecular weight is 445 g/mol. The zero-order chi connectivity index (χ0) is 22.3. The molecule has 168 valence electrons. The number of ether oxygens (including phenoxy) is 2. The van der Waals surface area contributed by atoms with Gasteiger partial charge >= 0.3 is 6.18 Å². The highest BCUT2D eigenvalue weighted by molar-refractivity contribution is 5.98. The smallest absolute Gasteiger partial charge is 0.433 e. The van der Waals surface area contributed by atoms with E-state index in [-0.39, 0.29) is 11.5 Å². The van der Waals surface area contributed by atoms with Crippen molar-refractivity contribution in [3.63, 3.8) is 0 Å². The van der Waals surface area contributed by atoms with Crippen LogP contribution in [0.1, 0.15) is 24.2 Å². The first-order valence-corrected chi connectivity index (χ1v) is 10.5. The number of rotatable bonds is 7. The Labute approximate surface area is 182 Å². The predicted octanol–water partition coefficient (Wildman–Crippen LogP) is 3.92. The van der Waals surface area contributed by atoms with Gasteiger partial charge in [-0.05, 0) is 37.0 Å². The van der Waals surface area contributed by atoms with E-state index in [2.05, 4.69) is 15.1 Å². The molecule has 1 saturated heterocycles. The molecule has 1 aliphatic carbocycles. The quantitative estimate of drug-likeness (QED) is 0.440. The lowest BCUT2D eigenvalue weighted by molar-refractivity contribution is -0.141. The van der Waals surface area contributed by atoms with Gasteiger partial charge in [-0.2, -0.15) is 18.3 Å². The van der Waals surface area contributed by atoms with Gasteiger partial charge in [0, 0.05) is 30.1 Å². The molecule has 2 N–H and O–H groups in total. The Morgan fingerprint density at radius 3 is 2.72 bits per heavy atom. The Kier molecular flexibility index (Phi) is 5.24. The number of aliphatic imine (C=N–C) groups is 1. The summed E-state index contributed by atoms with van der Waals surface area (Å²) in [6.45, 7) is 2.75. The molecule has 32 heavy (non-hydrogen) atoms. The minimum atomic E-state index is -4.56. The van der Waals surface area contributed by atoms with Crippen LogP contribution in [0.15, 0.2) is 41.5 Å². The largest absolute Gasteiger partial charge is 0.491 e. The van der Waals surface area contributed by atoms with Crippen LogP contribution in [0.2, 0.25) is 0 Å². The van der Waals surface area contributed by atoms with Crippen LogP contribution in [0, 0.1) is 11.8 Å². The van der Waals surface area contributed by atoms with Gasteiger partial charge in [0.15, 0.2) is 0 Å². The normalized spacial score (nSPS) is 17.5. The second kappa shape index (κ2) is 8.09. The first-order valence-electron chi connectivity index (χ1n) is 10.5. The molecule has 1 saturated carbocycles. The first-order chi connectivity index (χ1) is 15.3. The molecule has 0 unspecified atom stereocenters. The topological polar surface area (TPSA) is 87.5 Å². The van der Waals surface area contributed by atoms with Crippen molar-refractivity contribution in [2.24, 2.45) is 22.6 Å². The van der Waals surface area contributed by atoms with E-state index in [4.69, 9.17) is 15.2 Å². The summed E-state index contributed by atoms with van der Waals surface area (Å²) in [4.78, 5) is 8.00. The van der Waals surface area contributed by atoms with Crippen molar-refractivity contribution < 1.29 is 22.6 Å². The van der Waals surface area contributed by atoms with Crippen LogP contribution in [0.3, 0.4) is 0 Å². The molecule has 1 aliphatic heterocycles. The van der Waals surface area contributed by atoms with Gasteiger partial charge in [0.2, 0.25) is 0 Å². The Balaban J connectivity index is 1.49. The molecule has 1 aromatic carbocycles. The van der Waals surface area contributed by atoms with Crippen LogP contribution in [-0.4, -0.2) is 40.4 Å². The maximum Gasteiger partial charge on any atom is 0.433 e. The van der Waals surface area contributed by atoms with Gasteiger partial charge in [-0.25, -0.2) is 9.98 Å². The zero-order valence-corrected chi connectivity index (χ0v) is 17.2. The molecule has 2 fully saturated rings. The van der Waals surface area contributed by atoms with Crippen LogP contribution in [0.4, 0.5) is 18.9 Å². The van der Waals surface area contributed by atoms with Crippen molar-refractivity contribution in [3.05, 3.63) is 47.9 Å². The summed E-state index contributed by atoms with van der Waals surface area (Å²) in [5, 5.41) is 5.46. The number of aromatic nitrogens is 3. The molecule has 3 heterocycles. The number of benzene rings is 1. The van der Waals surface area contributed by atoms with Crippen LogP contribution < -0.4 is 10.5 Å². The summed E-state index contributed by atoms with van der Waals surface area (Å²) in [5.74, 6) is 1.33. The second-order valence-electron chi connectivity index (χ2n) is 8.29. The lowest BCUT2D eigenvalue weighted by Gasteiger charge is -2.25. The lowest BCUT2D eigenvalue weighted by Crippen LogP contribution is -2.31.